The molecule has 0 aliphatic heterocycles. The summed E-state index contributed by atoms with van der Waals surface area (Å²) < 4.78 is 0. The Kier molecular flexibility index (Phi) is 2.93. The Labute approximate surface area is 103 Å². The molecule has 2 heterocycles. The third-order valence-corrected chi connectivity index (χ3v) is 3.35. The maximum Gasteiger partial charge on any atom is 0.337 e. The minimum atomic E-state index is -0.951. The molecular formula is C12H12N2O2S. The molecule has 2 aromatic heterocycles. The maximum atomic E-state index is 10.9. The highest BCUT2D eigenvalue weighted by Gasteiger charge is 2.13. The Morgan fingerprint density at radius 3 is 2.41 bits per heavy atom. The average molecular weight is 248 g/mol. The second-order valence-corrected chi connectivity index (χ2v) is 5.18. The molecule has 0 aliphatic carbocycles. The summed E-state index contributed by atoms with van der Waals surface area (Å²) in [7, 11) is 0. The van der Waals surface area contributed by atoms with Crippen LogP contribution in [0.2, 0.25) is 0 Å². The number of carbonyl (C=O) groups is 1. The largest absolute Gasteiger partial charge is 0.478 e. The van der Waals surface area contributed by atoms with E-state index in [1.165, 1.54) is 0 Å². The first kappa shape index (κ1) is 11.7. The van der Waals surface area contributed by atoms with Crippen molar-refractivity contribution < 1.29 is 9.90 Å². The molecule has 5 heteroatoms. The molecule has 17 heavy (non-hydrogen) atoms. The molecule has 2 rings (SSSR count). The highest BCUT2D eigenvalue weighted by Crippen LogP contribution is 2.26. The summed E-state index contributed by atoms with van der Waals surface area (Å²) in [6.45, 7) is 5.63. The van der Waals surface area contributed by atoms with Crippen molar-refractivity contribution in [3.05, 3.63) is 33.3 Å². The molecule has 0 saturated heterocycles. The summed E-state index contributed by atoms with van der Waals surface area (Å²) in [5, 5.41) is 9.92. The van der Waals surface area contributed by atoms with E-state index in [0.717, 1.165) is 21.3 Å². The number of aryl methyl sites for hydroxylation is 3. The summed E-state index contributed by atoms with van der Waals surface area (Å²) in [5.74, 6) is -0.951. The first-order valence-electron chi connectivity index (χ1n) is 5.14. The van der Waals surface area contributed by atoms with Gasteiger partial charge in [0.2, 0.25) is 0 Å². The van der Waals surface area contributed by atoms with Crippen LogP contribution in [0, 0.1) is 20.8 Å². The lowest BCUT2D eigenvalue weighted by Crippen LogP contribution is -2.02. The molecule has 0 fully saturated rings. The number of thiazole rings is 1. The summed E-state index contributed by atoms with van der Waals surface area (Å²) in [4.78, 5) is 20.7. The summed E-state index contributed by atoms with van der Waals surface area (Å²) in [6.07, 6.45) is 0. The van der Waals surface area contributed by atoms with Crippen molar-refractivity contribution >= 4 is 17.3 Å². The van der Waals surface area contributed by atoms with Crippen molar-refractivity contribution in [3.8, 4) is 11.4 Å². The van der Waals surface area contributed by atoms with E-state index >= 15 is 0 Å². The van der Waals surface area contributed by atoms with E-state index in [-0.39, 0.29) is 5.56 Å². The Bertz CT molecular complexity index is 590. The molecule has 0 aliphatic rings. The molecule has 0 amide bonds. The van der Waals surface area contributed by atoms with E-state index in [2.05, 4.69) is 9.97 Å². The van der Waals surface area contributed by atoms with Gasteiger partial charge < -0.3 is 5.11 Å². The zero-order chi connectivity index (χ0) is 12.6. The molecule has 0 spiro atoms. The lowest BCUT2D eigenvalue weighted by molar-refractivity contribution is 0.0695. The first-order chi connectivity index (χ1) is 7.99. The molecule has 0 unspecified atom stereocenters. The van der Waals surface area contributed by atoms with Crippen LogP contribution in [0.5, 0.6) is 0 Å². The van der Waals surface area contributed by atoms with Gasteiger partial charge in [0.1, 0.15) is 5.69 Å². The molecule has 0 aromatic carbocycles. The number of rotatable bonds is 2. The normalized spacial score (nSPS) is 10.5. The molecule has 0 bridgehead atoms. The van der Waals surface area contributed by atoms with Gasteiger partial charge in [0, 0.05) is 4.88 Å². The van der Waals surface area contributed by atoms with E-state index in [1.807, 2.05) is 13.8 Å². The Hall–Kier alpha value is -1.75. The highest BCUT2D eigenvalue weighted by atomic mass is 32.1. The topological polar surface area (TPSA) is 63.1 Å². The van der Waals surface area contributed by atoms with Crippen LogP contribution in [0.4, 0.5) is 0 Å². The van der Waals surface area contributed by atoms with E-state index < -0.39 is 5.97 Å². The number of aromatic carboxylic acids is 1. The monoisotopic (exact) mass is 248 g/mol. The molecule has 0 atom stereocenters. The fraction of sp³-hybridized carbons (Fsp3) is 0.250. The Balaban J connectivity index is 2.51. The third kappa shape index (κ3) is 2.19. The summed E-state index contributed by atoms with van der Waals surface area (Å²) in [6, 6.07) is 3.28. The zero-order valence-corrected chi connectivity index (χ0v) is 10.6. The van der Waals surface area contributed by atoms with Gasteiger partial charge in [-0.15, -0.1) is 11.3 Å². The summed E-state index contributed by atoms with van der Waals surface area (Å²) in [5.41, 5.74) is 2.32. The highest BCUT2D eigenvalue weighted by molar-refractivity contribution is 7.11. The minimum Gasteiger partial charge on any atom is -0.478 e. The van der Waals surface area contributed by atoms with Gasteiger partial charge in [0.15, 0.2) is 0 Å². The SMILES string of the molecule is Cc1nc(-c2ccc(C(=O)O)c(C)n2)c(C)s1. The van der Waals surface area contributed by atoms with E-state index in [9.17, 15) is 4.79 Å². The number of hydrogen-bond acceptors (Lipinski definition) is 4. The number of hydrogen-bond donors (Lipinski definition) is 1. The Morgan fingerprint density at radius 2 is 1.94 bits per heavy atom. The smallest absolute Gasteiger partial charge is 0.337 e. The lowest BCUT2D eigenvalue weighted by Gasteiger charge is -2.03. The Morgan fingerprint density at radius 1 is 1.24 bits per heavy atom. The predicted octanol–water partition coefficient (Wildman–Crippen LogP) is 2.83. The van der Waals surface area contributed by atoms with Crippen LogP contribution >= 0.6 is 11.3 Å². The van der Waals surface area contributed by atoms with Crippen molar-refractivity contribution in [2.45, 2.75) is 20.8 Å². The number of nitrogens with zero attached hydrogens (tertiary/aromatic N) is 2. The molecule has 2 aromatic rings. The van der Waals surface area contributed by atoms with Crippen LogP contribution in [-0.2, 0) is 0 Å². The van der Waals surface area contributed by atoms with E-state index in [0.29, 0.717) is 5.69 Å². The van der Waals surface area contributed by atoms with Gasteiger partial charge in [-0.2, -0.15) is 0 Å². The number of carboxylic acid groups (broad SMARTS) is 1. The lowest BCUT2D eigenvalue weighted by atomic mass is 10.1. The number of aromatic nitrogens is 2. The van der Waals surface area contributed by atoms with Gasteiger partial charge in [0.25, 0.3) is 0 Å². The van der Waals surface area contributed by atoms with Crippen molar-refractivity contribution in [1.82, 2.24) is 9.97 Å². The van der Waals surface area contributed by atoms with Crippen molar-refractivity contribution in [1.29, 1.82) is 0 Å². The summed E-state index contributed by atoms with van der Waals surface area (Å²) >= 11 is 1.61. The number of carboxylic acids is 1. The second-order valence-electron chi connectivity index (χ2n) is 3.77. The first-order valence-corrected chi connectivity index (χ1v) is 5.96. The van der Waals surface area contributed by atoms with Crippen LogP contribution in [-0.4, -0.2) is 21.0 Å². The van der Waals surface area contributed by atoms with E-state index in [4.69, 9.17) is 5.11 Å². The molecule has 1 N–H and O–H groups in total. The van der Waals surface area contributed by atoms with Crippen LogP contribution < -0.4 is 0 Å². The van der Waals surface area contributed by atoms with Crippen molar-refractivity contribution in [3.63, 3.8) is 0 Å². The van der Waals surface area contributed by atoms with Crippen LogP contribution in [0.25, 0.3) is 11.4 Å². The number of pyridine rings is 1. The second kappa shape index (κ2) is 4.25. The zero-order valence-electron chi connectivity index (χ0n) is 9.81. The molecular weight excluding hydrogens is 236 g/mol. The predicted molar refractivity (Wildman–Crippen MR) is 66.5 cm³/mol. The van der Waals surface area contributed by atoms with Gasteiger partial charge >= 0.3 is 5.97 Å². The van der Waals surface area contributed by atoms with Crippen molar-refractivity contribution in [2.75, 3.05) is 0 Å². The fourth-order valence-corrected chi connectivity index (χ4v) is 2.51. The van der Waals surface area contributed by atoms with Crippen LogP contribution in [0.15, 0.2) is 12.1 Å². The van der Waals surface area contributed by atoms with E-state index in [1.54, 1.807) is 30.4 Å². The third-order valence-electron chi connectivity index (χ3n) is 2.46. The molecule has 4 nitrogen and oxygen atoms in total. The fourth-order valence-electron chi connectivity index (χ4n) is 1.69. The molecule has 88 valence electrons. The van der Waals surface area contributed by atoms with Gasteiger partial charge in [-0.1, -0.05) is 0 Å². The standard InChI is InChI=1S/C12H12N2O2S/c1-6-9(12(15)16)4-5-10(13-6)11-7(2)17-8(3)14-11/h4-5H,1-3H3,(H,15,16). The maximum absolute atomic E-state index is 10.9. The molecule has 0 saturated carbocycles. The van der Waals surface area contributed by atoms with Gasteiger partial charge in [-0.25, -0.2) is 9.78 Å². The van der Waals surface area contributed by atoms with Gasteiger partial charge in [-0.05, 0) is 32.9 Å². The average Bonchev–Trinajstić information content (AvgIpc) is 2.57. The van der Waals surface area contributed by atoms with Crippen LogP contribution in [0.3, 0.4) is 0 Å². The van der Waals surface area contributed by atoms with Crippen molar-refractivity contribution in [2.24, 2.45) is 0 Å². The minimum absolute atomic E-state index is 0.235. The quantitative estimate of drug-likeness (QED) is 0.887. The van der Waals surface area contributed by atoms with Gasteiger partial charge in [-0.3, -0.25) is 4.98 Å². The molecule has 0 radical (unpaired) electrons. The van der Waals surface area contributed by atoms with Gasteiger partial charge in [0.05, 0.1) is 22.0 Å². The van der Waals surface area contributed by atoms with Crippen LogP contribution in [0.1, 0.15) is 25.9 Å².